The summed E-state index contributed by atoms with van der Waals surface area (Å²) in [5.41, 5.74) is 7.17. The van der Waals surface area contributed by atoms with Gasteiger partial charge in [0, 0.05) is 0 Å². The number of rotatable bonds is 2. The Labute approximate surface area is 259 Å². The third-order valence-electron chi connectivity index (χ3n) is 7.23. The molecule has 4 aromatic rings. The molecule has 3 aliphatic rings. The van der Waals surface area contributed by atoms with E-state index in [0.29, 0.717) is 0 Å². The first-order valence-corrected chi connectivity index (χ1v) is 18.2. The molecule has 0 radical (unpaired) electrons. The van der Waals surface area contributed by atoms with Gasteiger partial charge in [-0.05, 0) is 11.8 Å². The molecular formula is C20H22F2N10O9P2S2. The van der Waals surface area contributed by atoms with Crippen molar-refractivity contribution in [2.24, 2.45) is 0 Å². The van der Waals surface area contributed by atoms with E-state index < -0.39 is 81.5 Å². The second-order valence-corrected chi connectivity index (χ2v) is 16.7. The normalized spacial score (nSPS) is 37.7. The molecule has 3 aliphatic heterocycles. The number of hydrogen-bond donors (Lipinski definition) is 5. The number of aromatic amines is 1. The topological polar surface area (TPSA) is 252 Å². The van der Waals surface area contributed by atoms with Crippen molar-refractivity contribution in [2.75, 3.05) is 24.7 Å². The van der Waals surface area contributed by atoms with Crippen LogP contribution in [0.3, 0.4) is 0 Å². The summed E-state index contributed by atoms with van der Waals surface area (Å²) < 4.78 is 80.8. The molecule has 2 bridgehead atoms. The molecule has 0 amide bonds. The summed E-state index contributed by atoms with van der Waals surface area (Å²) in [4.78, 5) is 45.2. The van der Waals surface area contributed by atoms with Crippen molar-refractivity contribution in [1.82, 2.24) is 39.0 Å². The summed E-state index contributed by atoms with van der Waals surface area (Å²) in [6, 6.07) is 0. The third kappa shape index (κ3) is 5.54. The number of ether oxygens (including phenoxy) is 2. The van der Waals surface area contributed by atoms with E-state index >= 15 is 8.78 Å². The van der Waals surface area contributed by atoms with Crippen LogP contribution in [0, 0.1) is 0 Å². The maximum Gasteiger partial charge on any atom is 0.472 e. The van der Waals surface area contributed by atoms with E-state index in [1.165, 1.54) is 10.9 Å². The number of halogens is 2. The SMILES string of the molecule is Nc1nc2c(ncn2[C@@H]2OC3COP(=S)(S)O[C@H]4[C@H](F)[C@H](n5cnc6c(N)ncnc65)O[C@@H]4COP(=O)(O)O[C@@H]2[C@@H]3F)c(=O)[nH]1. The van der Waals surface area contributed by atoms with Gasteiger partial charge in [-0.1, -0.05) is 12.2 Å². The van der Waals surface area contributed by atoms with Crippen LogP contribution in [0.4, 0.5) is 20.5 Å². The lowest BCUT2D eigenvalue weighted by atomic mass is 10.1. The molecule has 0 spiro atoms. The summed E-state index contributed by atoms with van der Waals surface area (Å²) in [6.45, 7) is -1.39. The summed E-state index contributed by atoms with van der Waals surface area (Å²) in [6.07, 6.45) is -9.84. The number of thiol groups is 1. The molecule has 0 aliphatic carbocycles. The fraction of sp³-hybridized carbons (Fsp3) is 0.500. The first-order valence-electron chi connectivity index (χ1n) is 12.9. The van der Waals surface area contributed by atoms with Crippen molar-refractivity contribution in [3.05, 3.63) is 29.3 Å². The standard InChI is InChI=1S/C20H22F2N10O9P2S2/c21-8-6-1-37-43(44,45)41-12-7(39-18(9(12)22)31-4-27-10-14(23)25-3-26-15(10)31)2-36-42(34,35)40-13(8)19(38-6)32-5-28-11-16(32)29-20(24)30-17(11)33/h3-9,12-13,18-19H,1-2H2,(H,34,35)(H,44,45)(H2,23,25,26)(H3,24,29,30,33)/t6?,7-,8-,9+,12-,13-,18-,19-/m1/s1. The number of aromatic nitrogens is 8. The van der Waals surface area contributed by atoms with Crippen molar-refractivity contribution >= 4 is 71.7 Å². The van der Waals surface area contributed by atoms with Crippen LogP contribution in [0.2, 0.25) is 0 Å². The van der Waals surface area contributed by atoms with Crippen LogP contribution < -0.4 is 17.0 Å². The van der Waals surface area contributed by atoms with Gasteiger partial charge in [0.15, 0.2) is 47.4 Å². The van der Waals surface area contributed by atoms with Crippen LogP contribution in [0.25, 0.3) is 22.3 Å². The van der Waals surface area contributed by atoms with Crippen LogP contribution >= 0.6 is 25.8 Å². The summed E-state index contributed by atoms with van der Waals surface area (Å²) in [5, 5.41) is 0. The molecule has 4 aromatic heterocycles. The lowest BCUT2D eigenvalue weighted by Crippen LogP contribution is -2.34. The molecule has 7 heterocycles. The first kappa shape index (κ1) is 30.9. The number of nitrogens with zero attached hydrogens (tertiary/aromatic N) is 7. The number of fused-ring (bicyclic) bond motifs is 5. The number of nitrogens with two attached hydrogens (primary N) is 2. The first-order chi connectivity index (χ1) is 21.3. The second kappa shape index (κ2) is 11.2. The Kier molecular flexibility index (Phi) is 7.72. The minimum absolute atomic E-state index is 0.0444. The monoisotopic (exact) mass is 710 g/mol. The average Bonchev–Trinajstić information content (AvgIpc) is 3.72. The van der Waals surface area contributed by atoms with E-state index in [4.69, 9.17) is 50.8 Å². The Balaban J connectivity index is 1.21. The Bertz CT molecular complexity index is 1950. The molecule has 10 atom stereocenters. The fourth-order valence-corrected chi connectivity index (χ4v) is 8.12. The van der Waals surface area contributed by atoms with E-state index in [-0.39, 0.29) is 34.1 Å². The molecule has 7 rings (SSSR count). The average molecular weight is 711 g/mol. The summed E-state index contributed by atoms with van der Waals surface area (Å²) in [5.74, 6) is -0.231. The summed E-state index contributed by atoms with van der Waals surface area (Å²) >= 11 is 9.68. The predicted molar refractivity (Wildman–Crippen MR) is 155 cm³/mol. The Hall–Kier alpha value is -2.69. The maximum absolute atomic E-state index is 16.0. The van der Waals surface area contributed by atoms with Gasteiger partial charge < -0.3 is 34.9 Å². The molecule has 3 saturated heterocycles. The maximum atomic E-state index is 16.0. The number of phosphoric ester groups is 1. The largest absolute Gasteiger partial charge is 0.472 e. The van der Waals surface area contributed by atoms with Gasteiger partial charge in [-0.2, -0.15) is 4.98 Å². The number of nitrogens with one attached hydrogen (secondary N) is 1. The van der Waals surface area contributed by atoms with Gasteiger partial charge >= 0.3 is 7.82 Å². The number of anilines is 2. The minimum atomic E-state index is -5.14. The van der Waals surface area contributed by atoms with E-state index in [9.17, 15) is 14.3 Å². The van der Waals surface area contributed by atoms with Gasteiger partial charge in [0.2, 0.25) is 11.6 Å². The van der Waals surface area contributed by atoms with Gasteiger partial charge in [0.1, 0.15) is 36.3 Å². The number of alkyl halides is 2. The third-order valence-corrected chi connectivity index (χ3v) is 10.4. The zero-order valence-corrected chi connectivity index (χ0v) is 25.8. The van der Waals surface area contributed by atoms with Crippen LogP contribution in [-0.4, -0.2) is 93.9 Å². The van der Waals surface area contributed by atoms with Gasteiger partial charge in [0.25, 0.3) is 5.56 Å². The van der Waals surface area contributed by atoms with E-state index in [0.717, 1.165) is 17.2 Å². The molecule has 3 unspecified atom stereocenters. The fourth-order valence-electron chi connectivity index (χ4n) is 5.23. The molecular weight excluding hydrogens is 688 g/mol. The lowest BCUT2D eigenvalue weighted by molar-refractivity contribution is -0.0614. The lowest BCUT2D eigenvalue weighted by Gasteiger charge is -2.27. The van der Waals surface area contributed by atoms with Crippen LogP contribution in [0.5, 0.6) is 0 Å². The van der Waals surface area contributed by atoms with Crippen LogP contribution in [0.15, 0.2) is 23.8 Å². The summed E-state index contributed by atoms with van der Waals surface area (Å²) in [7, 11) is -5.14. The van der Waals surface area contributed by atoms with E-state index in [2.05, 4.69) is 42.2 Å². The highest BCUT2D eigenvalue weighted by Gasteiger charge is 2.54. The minimum Gasteiger partial charge on any atom is -0.382 e. The number of imidazole rings is 2. The van der Waals surface area contributed by atoms with Crippen LogP contribution in [-0.2, 0) is 43.9 Å². The smallest absolute Gasteiger partial charge is 0.382 e. The number of H-pyrrole nitrogens is 1. The Morgan fingerprint density at radius 2 is 1.64 bits per heavy atom. The van der Waals surface area contributed by atoms with Crippen molar-refractivity contribution < 1.29 is 45.8 Å². The van der Waals surface area contributed by atoms with Crippen molar-refractivity contribution in [1.29, 1.82) is 0 Å². The van der Waals surface area contributed by atoms with Gasteiger partial charge in [-0.3, -0.25) is 28.0 Å². The Morgan fingerprint density at radius 3 is 2.42 bits per heavy atom. The molecule has 0 saturated carbocycles. The Morgan fingerprint density at radius 1 is 0.956 bits per heavy atom. The zero-order valence-electron chi connectivity index (χ0n) is 22.3. The molecule has 6 N–H and O–H groups in total. The van der Waals surface area contributed by atoms with E-state index in [1.54, 1.807) is 0 Å². The number of hydrogen-bond acceptors (Lipinski definition) is 16. The molecule has 3 fully saturated rings. The zero-order chi connectivity index (χ0) is 31.8. The van der Waals surface area contributed by atoms with Crippen molar-refractivity contribution in [3.63, 3.8) is 0 Å². The second-order valence-electron chi connectivity index (χ2n) is 10.0. The van der Waals surface area contributed by atoms with Crippen LogP contribution in [0.1, 0.15) is 12.5 Å². The van der Waals surface area contributed by atoms with Gasteiger partial charge in [-0.25, -0.2) is 33.3 Å². The molecule has 19 nitrogen and oxygen atoms in total. The van der Waals surface area contributed by atoms with Gasteiger partial charge in [-0.15, -0.1) is 0 Å². The molecule has 45 heavy (non-hydrogen) atoms. The van der Waals surface area contributed by atoms with Gasteiger partial charge in [0.05, 0.1) is 25.9 Å². The predicted octanol–water partition coefficient (Wildman–Crippen LogP) is 0.667. The molecule has 242 valence electrons. The molecule has 25 heteroatoms. The number of nitrogen functional groups attached to an aromatic ring is 2. The number of phosphoric acid groups is 1. The van der Waals surface area contributed by atoms with E-state index in [1.807, 2.05) is 0 Å². The quantitative estimate of drug-likeness (QED) is 0.142. The van der Waals surface area contributed by atoms with Crippen molar-refractivity contribution in [2.45, 2.75) is 49.2 Å². The highest BCUT2D eigenvalue weighted by atomic mass is 32.9. The molecule has 0 aromatic carbocycles. The highest BCUT2D eigenvalue weighted by Crippen LogP contribution is 2.58. The van der Waals surface area contributed by atoms with Crippen molar-refractivity contribution in [3.8, 4) is 0 Å². The highest BCUT2D eigenvalue weighted by molar-refractivity contribution is 8.60.